The number of aliphatic hydroxyl groups excluding tert-OH is 1. The lowest BCUT2D eigenvalue weighted by Gasteiger charge is -2.21. The summed E-state index contributed by atoms with van der Waals surface area (Å²) in [7, 11) is -9.90. The zero-order chi connectivity index (χ0) is 69.1. The highest BCUT2D eigenvalue weighted by atomic mass is 31.2. The lowest BCUT2D eigenvalue weighted by molar-refractivity contribution is -0.161. The van der Waals surface area contributed by atoms with Crippen molar-refractivity contribution in [2.24, 2.45) is 5.92 Å². The van der Waals surface area contributed by atoms with Gasteiger partial charge in [0.1, 0.15) is 19.3 Å². The van der Waals surface area contributed by atoms with E-state index in [1.165, 1.54) is 212 Å². The van der Waals surface area contributed by atoms with Crippen molar-refractivity contribution in [3.8, 4) is 0 Å². The Bertz CT molecular complexity index is 1810. The number of hydrogen-bond donors (Lipinski definition) is 3. The number of esters is 4. The monoisotopic (exact) mass is 1380 g/mol. The molecule has 0 radical (unpaired) electrons. The first-order valence-corrected chi connectivity index (χ1v) is 42.1. The Hall–Kier alpha value is -1.94. The van der Waals surface area contributed by atoms with Gasteiger partial charge in [-0.15, -0.1) is 0 Å². The predicted molar refractivity (Wildman–Crippen MR) is 382 cm³/mol. The normalized spacial score (nSPS) is 14.0. The third kappa shape index (κ3) is 68.6. The lowest BCUT2D eigenvalue weighted by Crippen LogP contribution is -2.30. The Kier molecular flexibility index (Phi) is 66.8. The second-order valence-electron chi connectivity index (χ2n) is 27.5. The number of rotatable bonds is 75. The van der Waals surface area contributed by atoms with Gasteiger partial charge in [0.15, 0.2) is 12.2 Å². The maximum absolute atomic E-state index is 13.1. The minimum Gasteiger partial charge on any atom is -0.462 e. The van der Waals surface area contributed by atoms with Crippen molar-refractivity contribution in [3.05, 3.63) is 0 Å². The van der Waals surface area contributed by atoms with Crippen LogP contribution in [-0.2, 0) is 65.4 Å². The first-order valence-electron chi connectivity index (χ1n) is 39.1. The molecule has 2 unspecified atom stereocenters. The van der Waals surface area contributed by atoms with Crippen molar-refractivity contribution >= 4 is 39.5 Å². The third-order valence-corrected chi connectivity index (χ3v) is 19.4. The average molecular weight is 1380 g/mol. The van der Waals surface area contributed by atoms with Gasteiger partial charge >= 0.3 is 39.5 Å². The molecule has 17 nitrogen and oxygen atoms in total. The fraction of sp³-hybridized carbons (Fsp3) is 0.947. The van der Waals surface area contributed by atoms with E-state index in [0.717, 1.165) is 102 Å². The van der Waals surface area contributed by atoms with Crippen LogP contribution in [0.3, 0.4) is 0 Å². The fourth-order valence-electron chi connectivity index (χ4n) is 11.5. The molecule has 0 fully saturated rings. The van der Waals surface area contributed by atoms with Crippen molar-refractivity contribution in [1.29, 1.82) is 0 Å². The summed E-state index contributed by atoms with van der Waals surface area (Å²) < 4.78 is 68.4. The van der Waals surface area contributed by atoms with Crippen molar-refractivity contribution in [3.63, 3.8) is 0 Å². The SMILES string of the molecule is CCCCCCCCCCCCCCCCCC(=O)OC[C@H](COP(=O)(O)OC[C@@H](O)COP(=O)(O)OC[C@@H](COC(=O)CCCCCCCCCC)OC(=O)CCCCCCCCCCCC)OC(=O)CCCCCCCCCCCCCCCCCCCCC(C)C. The van der Waals surface area contributed by atoms with Crippen molar-refractivity contribution in [2.75, 3.05) is 39.6 Å². The summed E-state index contributed by atoms with van der Waals surface area (Å²) in [4.78, 5) is 72.6. The largest absolute Gasteiger partial charge is 0.472 e. The van der Waals surface area contributed by atoms with Crippen molar-refractivity contribution < 1.29 is 80.2 Å². The van der Waals surface area contributed by atoms with Crippen LogP contribution in [0.1, 0.15) is 394 Å². The van der Waals surface area contributed by atoms with Gasteiger partial charge < -0.3 is 33.8 Å². The molecule has 0 rings (SSSR count). The molecule has 0 aliphatic heterocycles. The maximum atomic E-state index is 13.1. The van der Waals surface area contributed by atoms with E-state index in [0.29, 0.717) is 25.7 Å². The number of unbranched alkanes of at least 4 members (excludes halogenated alkanes) is 47. The van der Waals surface area contributed by atoms with Crippen LogP contribution >= 0.6 is 15.6 Å². The smallest absolute Gasteiger partial charge is 0.462 e. The molecular formula is C75H146O17P2. The third-order valence-electron chi connectivity index (χ3n) is 17.5. The second-order valence-corrected chi connectivity index (χ2v) is 30.4. The van der Waals surface area contributed by atoms with E-state index in [-0.39, 0.29) is 25.7 Å². The Balaban J connectivity index is 5.16. The zero-order valence-electron chi connectivity index (χ0n) is 61.1. The summed E-state index contributed by atoms with van der Waals surface area (Å²) in [6.07, 6.45) is 57.0. The summed E-state index contributed by atoms with van der Waals surface area (Å²) >= 11 is 0. The predicted octanol–water partition coefficient (Wildman–Crippen LogP) is 22.1. The highest BCUT2D eigenvalue weighted by molar-refractivity contribution is 7.47. The summed E-state index contributed by atoms with van der Waals surface area (Å²) in [5.74, 6) is -1.30. The number of aliphatic hydroxyl groups is 1. The van der Waals surface area contributed by atoms with Crippen LogP contribution in [0.15, 0.2) is 0 Å². The van der Waals surface area contributed by atoms with E-state index in [9.17, 15) is 43.2 Å². The molecule has 94 heavy (non-hydrogen) atoms. The van der Waals surface area contributed by atoms with Crippen LogP contribution in [0.25, 0.3) is 0 Å². The van der Waals surface area contributed by atoms with Gasteiger partial charge in [0.25, 0.3) is 0 Å². The van der Waals surface area contributed by atoms with E-state index in [1.54, 1.807) is 0 Å². The molecule has 0 aromatic rings. The Labute approximate surface area is 575 Å². The van der Waals surface area contributed by atoms with Crippen LogP contribution in [0, 0.1) is 5.92 Å². The molecule has 0 heterocycles. The van der Waals surface area contributed by atoms with Gasteiger partial charge in [0.05, 0.1) is 26.4 Å². The molecule has 0 spiro atoms. The first kappa shape index (κ1) is 92.1. The number of phosphoric ester groups is 2. The molecule has 0 bridgehead atoms. The van der Waals surface area contributed by atoms with Gasteiger partial charge in [-0.1, -0.05) is 343 Å². The summed E-state index contributed by atoms with van der Waals surface area (Å²) in [5.41, 5.74) is 0. The number of carbonyl (C=O) groups is 4. The minimum atomic E-state index is -4.95. The molecule has 5 atom stereocenters. The minimum absolute atomic E-state index is 0.107. The molecule has 0 aliphatic rings. The van der Waals surface area contributed by atoms with Gasteiger partial charge in [0, 0.05) is 25.7 Å². The molecule has 0 aromatic heterocycles. The number of phosphoric acid groups is 2. The molecule has 0 saturated carbocycles. The summed E-state index contributed by atoms with van der Waals surface area (Å²) in [6, 6.07) is 0. The Morgan fingerprint density at radius 2 is 0.489 bits per heavy atom. The van der Waals surface area contributed by atoms with Crippen molar-refractivity contribution in [1.82, 2.24) is 0 Å². The molecular weight excluding hydrogens is 1230 g/mol. The average Bonchev–Trinajstić information content (AvgIpc) is 1.20. The quantitative estimate of drug-likeness (QED) is 0.0222. The maximum Gasteiger partial charge on any atom is 0.472 e. The molecule has 0 aliphatic carbocycles. The molecule has 19 heteroatoms. The Morgan fingerprint density at radius 3 is 0.723 bits per heavy atom. The van der Waals surface area contributed by atoms with E-state index in [2.05, 4.69) is 34.6 Å². The van der Waals surface area contributed by atoms with Crippen molar-refractivity contribution in [2.45, 2.75) is 412 Å². The molecule has 0 saturated heterocycles. The van der Waals surface area contributed by atoms with E-state index in [1.807, 2.05) is 0 Å². The van der Waals surface area contributed by atoms with Gasteiger partial charge in [0.2, 0.25) is 0 Å². The van der Waals surface area contributed by atoms with E-state index in [4.69, 9.17) is 37.0 Å². The number of carbonyl (C=O) groups excluding carboxylic acids is 4. The topological polar surface area (TPSA) is 237 Å². The van der Waals surface area contributed by atoms with Crippen LogP contribution in [0.4, 0.5) is 0 Å². The summed E-state index contributed by atoms with van der Waals surface area (Å²) in [6.45, 7) is 7.29. The van der Waals surface area contributed by atoms with Crippen LogP contribution < -0.4 is 0 Å². The fourth-order valence-corrected chi connectivity index (χ4v) is 13.1. The summed E-state index contributed by atoms with van der Waals surface area (Å²) in [5, 5.41) is 10.6. The highest BCUT2D eigenvalue weighted by Gasteiger charge is 2.30. The van der Waals surface area contributed by atoms with Gasteiger partial charge in [-0.25, -0.2) is 9.13 Å². The van der Waals surface area contributed by atoms with Crippen LogP contribution in [0.2, 0.25) is 0 Å². The van der Waals surface area contributed by atoms with Crippen LogP contribution in [-0.4, -0.2) is 96.7 Å². The van der Waals surface area contributed by atoms with E-state index < -0.39 is 97.5 Å². The Morgan fingerprint density at radius 1 is 0.287 bits per heavy atom. The molecule has 3 N–H and O–H groups in total. The highest BCUT2D eigenvalue weighted by Crippen LogP contribution is 2.45. The number of ether oxygens (including phenoxy) is 4. The van der Waals surface area contributed by atoms with E-state index >= 15 is 0 Å². The zero-order valence-corrected chi connectivity index (χ0v) is 62.9. The lowest BCUT2D eigenvalue weighted by atomic mass is 10.0. The second kappa shape index (κ2) is 68.2. The number of hydrogen-bond acceptors (Lipinski definition) is 15. The molecule has 0 amide bonds. The van der Waals surface area contributed by atoms with Crippen LogP contribution in [0.5, 0.6) is 0 Å². The van der Waals surface area contributed by atoms with Gasteiger partial charge in [-0.05, 0) is 31.6 Å². The molecule has 0 aromatic carbocycles. The first-order chi connectivity index (χ1) is 45.5. The standard InChI is InChI=1S/C75H146O17P2/c1-6-9-12-15-18-21-23-24-29-33-36-40-44-49-54-59-73(78)86-65-71(92-75(80)61-56-51-46-41-37-34-31-28-26-25-27-30-32-35-38-42-47-52-57-68(4)5)67-90-94(83,84)88-63-69(76)62-87-93(81,82)89-66-70(64-85-72(77)58-53-48-43-20-17-14-11-8-3)91-74(79)60-55-50-45-39-22-19-16-13-10-7-2/h68-71,76H,6-67H2,1-5H3,(H,81,82)(H,83,84)/t69-,70+,71+/m0/s1. The molecule has 558 valence electrons. The van der Waals surface area contributed by atoms with Gasteiger partial charge in [-0.2, -0.15) is 0 Å². The van der Waals surface area contributed by atoms with Gasteiger partial charge in [-0.3, -0.25) is 37.3 Å².